The van der Waals surface area contributed by atoms with Gasteiger partial charge in [0.05, 0.1) is 0 Å². The first-order chi connectivity index (χ1) is 26.0. The summed E-state index contributed by atoms with van der Waals surface area (Å²) in [5, 5.41) is 0. The summed E-state index contributed by atoms with van der Waals surface area (Å²) in [5.41, 5.74) is 17.8. The van der Waals surface area contributed by atoms with E-state index >= 15 is 0 Å². The van der Waals surface area contributed by atoms with Gasteiger partial charge in [0.1, 0.15) is 0 Å². The Morgan fingerprint density at radius 3 is 1.55 bits per heavy atom. The van der Waals surface area contributed by atoms with Crippen molar-refractivity contribution in [1.29, 1.82) is 0 Å². The zero-order chi connectivity index (χ0) is 36.1. The Kier molecular flexibility index (Phi) is 9.91. The summed E-state index contributed by atoms with van der Waals surface area (Å²) in [7, 11) is 0. The zero-order valence-corrected chi connectivity index (χ0v) is 31.0. The van der Waals surface area contributed by atoms with E-state index in [2.05, 4.69) is 208 Å². The Morgan fingerprint density at radius 2 is 1.00 bits per heavy atom. The Hall–Kier alpha value is -5.92. The van der Waals surface area contributed by atoms with Crippen LogP contribution in [-0.4, -0.2) is 6.04 Å². The Labute approximate surface area is 316 Å². The molecule has 0 amide bonds. The highest BCUT2D eigenvalue weighted by molar-refractivity contribution is 5.83. The molecule has 0 bridgehead atoms. The normalized spacial score (nSPS) is 16.7. The highest BCUT2D eigenvalue weighted by atomic mass is 15.2. The maximum absolute atomic E-state index is 2.62. The smallest absolute Gasteiger partial charge is 0.0450 e. The summed E-state index contributed by atoms with van der Waals surface area (Å²) in [6.45, 7) is 6.42. The van der Waals surface area contributed by atoms with Gasteiger partial charge in [-0.2, -0.15) is 0 Å². The van der Waals surface area contributed by atoms with Crippen molar-refractivity contribution >= 4 is 34.7 Å². The van der Waals surface area contributed by atoms with Gasteiger partial charge >= 0.3 is 0 Å². The summed E-state index contributed by atoms with van der Waals surface area (Å²) in [5.74, 6) is 0.576. The second-order valence-electron chi connectivity index (χ2n) is 14.7. The molecule has 1 aliphatic heterocycles. The molecule has 260 valence electrons. The van der Waals surface area contributed by atoms with Crippen LogP contribution in [0.5, 0.6) is 0 Å². The van der Waals surface area contributed by atoms with Crippen LogP contribution < -0.4 is 4.90 Å². The fourth-order valence-corrected chi connectivity index (χ4v) is 8.11. The van der Waals surface area contributed by atoms with Gasteiger partial charge in [-0.1, -0.05) is 181 Å². The maximum atomic E-state index is 2.62. The number of hydrogen-bond acceptors (Lipinski definition) is 1. The number of anilines is 2. The minimum atomic E-state index is 0.520. The highest BCUT2D eigenvalue weighted by Crippen LogP contribution is 2.52. The quantitative estimate of drug-likeness (QED) is 0.137. The third-order valence-corrected chi connectivity index (χ3v) is 11.0. The summed E-state index contributed by atoms with van der Waals surface area (Å²) in [4.78, 5) is 2.62. The standard InChI is InChI=1S/C52H47N/c1-37-18-27-43(28-19-37)47(42-12-5-4-6-13-42)14-7-10-40-24-33-46(34-25-40)53-51-17-9-16-49(51)50-36-41(26-35-52(50)53)11-8-15-48(44-29-20-38(2)21-30-44)45-31-22-39(3)23-32-45/h4-8,10-15,18-36,49,51H,9,16-17H2,1-3H3. The molecule has 2 atom stereocenters. The summed E-state index contributed by atoms with van der Waals surface area (Å²) in [6.07, 6.45) is 17.2. The average Bonchev–Trinajstić information content (AvgIpc) is 3.79. The van der Waals surface area contributed by atoms with Gasteiger partial charge < -0.3 is 4.90 Å². The number of rotatable bonds is 9. The molecule has 8 rings (SSSR count). The SMILES string of the molecule is Cc1ccc(C(=CC=Cc2ccc(N3c4ccc(C=CC=C(c5ccc(C)cc5)c5ccc(C)cc5)cc4C4CCCC43)cc2)c2ccccc2)cc1. The van der Waals surface area contributed by atoms with Crippen molar-refractivity contribution in [2.75, 3.05) is 4.90 Å². The van der Waals surface area contributed by atoms with E-state index in [1.807, 2.05) is 0 Å². The molecular formula is C52H47N. The van der Waals surface area contributed by atoms with E-state index in [0.717, 1.165) is 0 Å². The third kappa shape index (κ3) is 7.52. The van der Waals surface area contributed by atoms with E-state index in [1.54, 1.807) is 0 Å². The first-order valence-electron chi connectivity index (χ1n) is 19.1. The molecule has 0 saturated heterocycles. The van der Waals surface area contributed by atoms with E-state index in [9.17, 15) is 0 Å². The highest BCUT2D eigenvalue weighted by Gasteiger charge is 2.42. The monoisotopic (exact) mass is 685 g/mol. The van der Waals surface area contributed by atoms with Crippen molar-refractivity contribution in [1.82, 2.24) is 0 Å². The topological polar surface area (TPSA) is 3.24 Å². The maximum Gasteiger partial charge on any atom is 0.0450 e. The van der Waals surface area contributed by atoms with Crippen molar-refractivity contribution < 1.29 is 0 Å². The molecule has 2 aliphatic rings. The Morgan fingerprint density at radius 1 is 0.509 bits per heavy atom. The molecule has 53 heavy (non-hydrogen) atoms. The molecule has 1 nitrogen and oxygen atoms in total. The Balaban J connectivity index is 1.03. The molecule has 0 N–H and O–H groups in total. The molecular weight excluding hydrogens is 639 g/mol. The van der Waals surface area contributed by atoms with Crippen molar-refractivity contribution in [3.8, 4) is 0 Å². The van der Waals surface area contributed by atoms with Gasteiger partial charge in [-0.15, -0.1) is 0 Å². The van der Waals surface area contributed by atoms with Crippen LogP contribution in [0.15, 0.2) is 170 Å². The van der Waals surface area contributed by atoms with Crippen molar-refractivity contribution in [3.63, 3.8) is 0 Å². The lowest BCUT2D eigenvalue weighted by atomic mass is 9.95. The minimum absolute atomic E-state index is 0.520. The van der Waals surface area contributed by atoms with Gasteiger partial charge in [0, 0.05) is 23.3 Å². The van der Waals surface area contributed by atoms with Crippen molar-refractivity contribution in [2.24, 2.45) is 0 Å². The number of allylic oxidation sites excluding steroid dienone is 4. The predicted octanol–water partition coefficient (Wildman–Crippen LogP) is 13.7. The number of fused-ring (bicyclic) bond motifs is 3. The lowest BCUT2D eigenvalue weighted by Crippen LogP contribution is -2.26. The van der Waals surface area contributed by atoms with Gasteiger partial charge in [0.2, 0.25) is 0 Å². The molecule has 1 heterocycles. The van der Waals surface area contributed by atoms with Gasteiger partial charge in [-0.05, 0) is 108 Å². The molecule has 1 heteroatoms. The van der Waals surface area contributed by atoms with Gasteiger partial charge in [0.25, 0.3) is 0 Å². The van der Waals surface area contributed by atoms with Crippen LogP contribution in [0.25, 0.3) is 23.3 Å². The molecule has 6 aromatic carbocycles. The molecule has 0 spiro atoms. The summed E-state index contributed by atoms with van der Waals surface area (Å²) in [6, 6.07) is 53.9. The van der Waals surface area contributed by atoms with E-state index in [-0.39, 0.29) is 0 Å². The average molecular weight is 686 g/mol. The second-order valence-corrected chi connectivity index (χ2v) is 14.7. The van der Waals surface area contributed by atoms with E-state index in [4.69, 9.17) is 0 Å². The fraction of sp³-hybridized carbons (Fsp3) is 0.154. The lowest BCUT2D eigenvalue weighted by molar-refractivity contribution is 0.642. The Bertz CT molecular complexity index is 2250. The minimum Gasteiger partial charge on any atom is -0.338 e. The van der Waals surface area contributed by atoms with Gasteiger partial charge in [-0.3, -0.25) is 0 Å². The van der Waals surface area contributed by atoms with E-state index < -0.39 is 0 Å². The number of aryl methyl sites for hydroxylation is 3. The second kappa shape index (κ2) is 15.4. The van der Waals surface area contributed by atoms with Crippen LogP contribution in [-0.2, 0) is 0 Å². The van der Waals surface area contributed by atoms with E-state index in [1.165, 1.54) is 97.4 Å². The van der Waals surface area contributed by atoms with Crippen molar-refractivity contribution in [3.05, 3.63) is 226 Å². The van der Waals surface area contributed by atoms with Crippen LogP contribution >= 0.6 is 0 Å². The number of nitrogens with zero attached hydrogens (tertiary/aromatic N) is 1. The largest absolute Gasteiger partial charge is 0.338 e. The molecule has 0 radical (unpaired) electrons. The number of hydrogen-bond donors (Lipinski definition) is 0. The fourth-order valence-electron chi connectivity index (χ4n) is 8.11. The molecule has 1 fully saturated rings. The van der Waals surface area contributed by atoms with Crippen LogP contribution in [0.1, 0.15) is 80.8 Å². The zero-order valence-electron chi connectivity index (χ0n) is 31.0. The van der Waals surface area contributed by atoms with Crippen LogP contribution in [0.4, 0.5) is 11.4 Å². The van der Waals surface area contributed by atoms with Crippen LogP contribution in [0, 0.1) is 20.8 Å². The summed E-state index contributed by atoms with van der Waals surface area (Å²) >= 11 is 0. The molecule has 0 aromatic heterocycles. The molecule has 1 saturated carbocycles. The van der Waals surface area contributed by atoms with Crippen LogP contribution in [0.3, 0.4) is 0 Å². The third-order valence-electron chi connectivity index (χ3n) is 11.0. The van der Waals surface area contributed by atoms with Gasteiger partial charge in [-0.25, -0.2) is 0 Å². The van der Waals surface area contributed by atoms with Crippen LogP contribution in [0.2, 0.25) is 0 Å². The lowest BCUT2D eigenvalue weighted by Gasteiger charge is -2.27. The molecule has 6 aromatic rings. The van der Waals surface area contributed by atoms with Gasteiger partial charge in [0.15, 0.2) is 0 Å². The summed E-state index contributed by atoms with van der Waals surface area (Å²) < 4.78 is 0. The predicted molar refractivity (Wildman–Crippen MR) is 228 cm³/mol. The first kappa shape index (κ1) is 34.2. The number of benzene rings is 6. The first-order valence-corrected chi connectivity index (χ1v) is 19.1. The molecule has 2 unspecified atom stereocenters. The molecule has 1 aliphatic carbocycles. The van der Waals surface area contributed by atoms with E-state index in [0.29, 0.717) is 12.0 Å². The van der Waals surface area contributed by atoms with Crippen molar-refractivity contribution in [2.45, 2.75) is 52.0 Å².